The average Bonchev–Trinajstić information content (AvgIpc) is 2.49. The summed E-state index contributed by atoms with van der Waals surface area (Å²) < 4.78 is 5.69. The van der Waals surface area contributed by atoms with Gasteiger partial charge in [-0.3, -0.25) is 15.1 Å². The fourth-order valence-electron chi connectivity index (χ4n) is 1.87. The fraction of sp³-hybridized carbons (Fsp3) is 0.267. The zero-order valence-electron chi connectivity index (χ0n) is 11.9. The molecule has 0 spiro atoms. The van der Waals surface area contributed by atoms with Gasteiger partial charge in [0, 0.05) is 18.2 Å². The van der Waals surface area contributed by atoms with Crippen LogP contribution in [0.3, 0.4) is 0 Å². The molecule has 1 heterocycles. The van der Waals surface area contributed by atoms with Crippen LogP contribution in [0.2, 0.25) is 0 Å². The number of rotatable bonds is 5. The maximum Gasteiger partial charge on any atom is 0.269 e. The number of nitrogens with two attached hydrogens (primary N) is 1. The molecule has 110 valence electrons. The lowest BCUT2D eigenvalue weighted by molar-refractivity contribution is -0.384. The molecule has 0 unspecified atom stereocenters. The zero-order valence-corrected chi connectivity index (χ0v) is 11.9. The third-order valence-corrected chi connectivity index (χ3v) is 3.18. The Hall–Kier alpha value is -2.47. The molecule has 1 aromatic carbocycles. The van der Waals surface area contributed by atoms with Crippen LogP contribution in [0.5, 0.6) is 11.5 Å². The number of hydrogen-bond donors (Lipinski definition) is 1. The molecule has 2 aromatic rings. The molecule has 0 aliphatic heterocycles. The molecular formula is C15H17N3O3. The molecule has 1 atom stereocenters. The number of hydrogen-bond acceptors (Lipinski definition) is 5. The third-order valence-electron chi connectivity index (χ3n) is 3.18. The van der Waals surface area contributed by atoms with Crippen molar-refractivity contribution >= 4 is 5.69 Å². The number of aromatic nitrogens is 1. The Kier molecular flexibility index (Phi) is 4.49. The number of nitrogens with zero attached hydrogens (tertiary/aromatic N) is 2. The molecule has 1 aromatic heterocycles. The van der Waals surface area contributed by atoms with Crippen molar-refractivity contribution in [2.24, 2.45) is 5.73 Å². The van der Waals surface area contributed by atoms with Crippen molar-refractivity contribution < 1.29 is 9.66 Å². The van der Waals surface area contributed by atoms with Gasteiger partial charge in [-0.05, 0) is 37.1 Å². The lowest BCUT2D eigenvalue weighted by Gasteiger charge is -2.11. The Morgan fingerprint density at radius 1 is 1.38 bits per heavy atom. The van der Waals surface area contributed by atoms with Gasteiger partial charge in [0.1, 0.15) is 11.5 Å². The van der Waals surface area contributed by atoms with Crippen LogP contribution >= 0.6 is 0 Å². The van der Waals surface area contributed by atoms with Gasteiger partial charge in [0.2, 0.25) is 0 Å². The SMILES string of the molecule is CC[C@H](N)c1ccc(Oc2ccc([N+](=O)[O-])cc2C)cn1. The highest BCUT2D eigenvalue weighted by atomic mass is 16.6. The van der Waals surface area contributed by atoms with E-state index >= 15 is 0 Å². The van der Waals surface area contributed by atoms with E-state index in [1.807, 2.05) is 13.0 Å². The van der Waals surface area contributed by atoms with E-state index in [-0.39, 0.29) is 11.7 Å². The van der Waals surface area contributed by atoms with Crippen molar-refractivity contribution in [3.63, 3.8) is 0 Å². The standard InChI is InChI=1S/C15H17N3O3/c1-3-13(16)14-6-5-12(9-17-14)21-15-7-4-11(18(19)20)8-10(15)2/h4-9,13H,3,16H2,1-2H3/t13-/m0/s1. The van der Waals surface area contributed by atoms with Gasteiger partial charge in [-0.25, -0.2) is 0 Å². The molecule has 21 heavy (non-hydrogen) atoms. The summed E-state index contributed by atoms with van der Waals surface area (Å²) in [6, 6.07) is 8.00. The molecular weight excluding hydrogens is 270 g/mol. The highest BCUT2D eigenvalue weighted by Gasteiger charge is 2.10. The fourth-order valence-corrected chi connectivity index (χ4v) is 1.87. The molecule has 6 nitrogen and oxygen atoms in total. The second-order valence-electron chi connectivity index (χ2n) is 4.74. The second-order valence-corrected chi connectivity index (χ2v) is 4.74. The summed E-state index contributed by atoms with van der Waals surface area (Å²) in [4.78, 5) is 14.5. The number of nitro benzene ring substituents is 1. The molecule has 2 rings (SSSR count). The summed E-state index contributed by atoms with van der Waals surface area (Å²) >= 11 is 0. The summed E-state index contributed by atoms with van der Waals surface area (Å²) in [5, 5.41) is 10.7. The smallest absolute Gasteiger partial charge is 0.269 e. The normalized spacial score (nSPS) is 12.0. The first kappa shape index (κ1) is 14.9. The Labute approximate surface area is 122 Å². The molecule has 0 saturated heterocycles. The molecule has 0 amide bonds. The predicted molar refractivity (Wildman–Crippen MR) is 79.4 cm³/mol. The summed E-state index contributed by atoms with van der Waals surface area (Å²) in [7, 11) is 0. The largest absolute Gasteiger partial charge is 0.455 e. The van der Waals surface area contributed by atoms with E-state index in [4.69, 9.17) is 10.5 Å². The molecule has 2 N–H and O–H groups in total. The monoisotopic (exact) mass is 287 g/mol. The lowest BCUT2D eigenvalue weighted by Crippen LogP contribution is -2.10. The minimum atomic E-state index is -0.431. The van der Waals surface area contributed by atoms with Crippen molar-refractivity contribution in [3.05, 3.63) is 57.9 Å². The summed E-state index contributed by atoms with van der Waals surface area (Å²) in [5.74, 6) is 1.13. The van der Waals surface area contributed by atoms with Crippen LogP contribution in [0.4, 0.5) is 5.69 Å². The van der Waals surface area contributed by atoms with Gasteiger partial charge in [-0.15, -0.1) is 0 Å². The lowest BCUT2D eigenvalue weighted by atomic mass is 10.1. The topological polar surface area (TPSA) is 91.3 Å². The van der Waals surface area contributed by atoms with Gasteiger partial charge in [-0.2, -0.15) is 0 Å². The van der Waals surface area contributed by atoms with Crippen LogP contribution in [-0.4, -0.2) is 9.91 Å². The number of benzene rings is 1. The second kappa shape index (κ2) is 6.32. The minimum Gasteiger partial charge on any atom is -0.455 e. The highest BCUT2D eigenvalue weighted by Crippen LogP contribution is 2.28. The van der Waals surface area contributed by atoms with Gasteiger partial charge in [-0.1, -0.05) is 6.92 Å². The summed E-state index contributed by atoms with van der Waals surface area (Å²) in [6.45, 7) is 3.76. The van der Waals surface area contributed by atoms with Crippen LogP contribution in [0.25, 0.3) is 0 Å². The number of aryl methyl sites for hydroxylation is 1. The Morgan fingerprint density at radius 2 is 2.14 bits per heavy atom. The molecule has 6 heteroatoms. The molecule has 0 bridgehead atoms. The van der Waals surface area contributed by atoms with Crippen molar-refractivity contribution in [2.45, 2.75) is 26.3 Å². The van der Waals surface area contributed by atoms with Gasteiger partial charge in [0.05, 0.1) is 16.8 Å². The molecule has 0 saturated carbocycles. The van der Waals surface area contributed by atoms with Crippen molar-refractivity contribution in [1.29, 1.82) is 0 Å². The Bertz CT molecular complexity index is 641. The Morgan fingerprint density at radius 3 is 2.67 bits per heavy atom. The van der Waals surface area contributed by atoms with Gasteiger partial charge in [0.25, 0.3) is 5.69 Å². The maximum atomic E-state index is 10.7. The van der Waals surface area contributed by atoms with Crippen LogP contribution in [0.15, 0.2) is 36.5 Å². The van der Waals surface area contributed by atoms with E-state index in [1.54, 1.807) is 25.3 Å². The number of pyridine rings is 1. The van der Waals surface area contributed by atoms with E-state index < -0.39 is 4.92 Å². The van der Waals surface area contributed by atoms with E-state index in [1.165, 1.54) is 12.1 Å². The number of non-ortho nitro benzene ring substituents is 1. The third kappa shape index (κ3) is 3.55. The van der Waals surface area contributed by atoms with E-state index in [0.717, 1.165) is 12.1 Å². The highest BCUT2D eigenvalue weighted by molar-refractivity contribution is 5.44. The van der Waals surface area contributed by atoms with Gasteiger partial charge < -0.3 is 10.5 Å². The molecule has 0 aliphatic carbocycles. The average molecular weight is 287 g/mol. The number of ether oxygens (including phenoxy) is 1. The number of nitro groups is 1. The first-order valence-electron chi connectivity index (χ1n) is 6.65. The molecule has 0 fully saturated rings. The van der Waals surface area contributed by atoms with Crippen LogP contribution in [0, 0.1) is 17.0 Å². The van der Waals surface area contributed by atoms with E-state index in [0.29, 0.717) is 17.1 Å². The Balaban J connectivity index is 2.16. The van der Waals surface area contributed by atoms with E-state index in [9.17, 15) is 10.1 Å². The minimum absolute atomic E-state index is 0.0437. The molecule has 0 radical (unpaired) electrons. The predicted octanol–water partition coefficient (Wildman–Crippen LogP) is 3.50. The summed E-state index contributed by atoms with van der Waals surface area (Å²) in [5.41, 5.74) is 7.45. The maximum absolute atomic E-state index is 10.7. The van der Waals surface area contributed by atoms with Crippen LogP contribution in [-0.2, 0) is 0 Å². The van der Waals surface area contributed by atoms with Crippen LogP contribution < -0.4 is 10.5 Å². The van der Waals surface area contributed by atoms with Crippen molar-refractivity contribution in [1.82, 2.24) is 4.98 Å². The quantitative estimate of drug-likeness (QED) is 0.671. The van der Waals surface area contributed by atoms with Gasteiger partial charge >= 0.3 is 0 Å². The van der Waals surface area contributed by atoms with Gasteiger partial charge in [0.15, 0.2) is 0 Å². The van der Waals surface area contributed by atoms with Crippen molar-refractivity contribution in [3.8, 4) is 11.5 Å². The van der Waals surface area contributed by atoms with Crippen LogP contribution in [0.1, 0.15) is 30.6 Å². The molecule has 0 aliphatic rings. The zero-order chi connectivity index (χ0) is 15.4. The van der Waals surface area contributed by atoms with Crippen molar-refractivity contribution in [2.75, 3.05) is 0 Å². The summed E-state index contributed by atoms with van der Waals surface area (Å²) in [6.07, 6.45) is 2.42. The first-order chi connectivity index (χ1) is 10.0. The van der Waals surface area contributed by atoms with E-state index in [2.05, 4.69) is 4.98 Å². The first-order valence-corrected chi connectivity index (χ1v) is 6.65.